The number of nitrogens with zero attached hydrogens (tertiary/aromatic N) is 2. The molecular weight excluding hydrogens is 366 g/mol. The minimum absolute atomic E-state index is 0.00305. The van der Waals surface area contributed by atoms with E-state index in [1.807, 2.05) is 37.3 Å². The van der Waals surface area contributed by atoms with Crippen LogP contribution in [0.4, 0.5) is 5.69 Å². The van der Waals surface area contributed by atoms with Crippen molar-refractivity contribution in [2.45, 2.75) is 58.2 Å². The molecule has 5 heteroatoms. The number of hydrogen-bond donors (Lipinski definition) is 1. The van der Waals surface area contributed by atoms with Crippen molar-refractivity contribution in [2.24, 2.45) is 0 Å². The Morgan fingerprint density at radius 2 is 1.89 bits per heavy atom. The van der Waals surface area contributed by atoms with Crippen molar-refractivity contribution in [3.63, 3.8) is 0 Å². The van der Waals surface area contributed by atoms with Crippen molar-refractivity contribution in [2.75, 3.05) is 11.1 Å². The van der Waals surface area contributed by atoms with Crippen molar-refractivity contribution in [3.8, 4) is 0 Å². The Kier molecular flexibility index (Phi) is 7.15. The van der Waals surface area contributed by atoms with Gasteiger partial charge >= 0.3 is 0 Å². The lowest BCUT2D eigenvalue weighted by atomic mass is 10.1. The average molecular weight is 396 g/mol. The highest BCUT2D eigenvalue weighted by Crippen LogP contribution is 2.25. The molecular formula is C23H29N3OS. The van der Waals surface area contributed by atoms with Crippen LogP contribution in [0.1, 0.15) is 43.7 Å². The Morgan fingerprint density at radius 1 is 1.07 bits per heavy atom. The van der Waals surface area contributed by atoms with E-state index in [9.17, 15) is 4.79 Å². The largest absolute Gasteiger partial charge is 0.325 e. The number of hydrogen-bond acceptors (Lipinski definition) is 3. The summed E-state index contributed by atoms with van der Waals surface area (Å²) in [4.78, 5) is 17.3. The molecule has 0 aliphatic carbocycles. The zero-order chi connectivity index (χ0) is 19.9. The van der Waals surface area contributed by atoms with Crippen LogP contribution in [-0.4, -0.2) is 21.2 Å². The number of benzene rings is 2. The second kappa shape index (κ2) is 9.78. The SMILES string of the molecule is CCCCCCn1c(SCC(=O)Nc2cccc(C)c2C)nc2ccccc21. The van der Waals surface area contributed by atoms with E-state index in [4.69, 9.17) is 4.98 Å². The fourth-order valence-corrected chi connectivity index (χ4v) is 4.12. The summed E-state index contributed by atoms with van der Waals surface area (Å²) >= 11 is 1.51. The molecule has 0 bridgehead atoms. The number of fused-ring (bicyclic) bond motifs is 1. The van der Waals surface area contributed by atoms with E-state index < -0.39 is 0 Å². The minimum Gasteiger partial charge on any atom is -0.325 e. The van der Waals surface area contributed by atoms with Crippen LogP contribution in [0.5, 0.6) is 0 Å². The summed E-state index contributed by atoms with van der Waals surface area (Å²) in [5, 5.41) is 3.96. The first-order valence-electron chi connectivity index (χ1n) is 10.0. The van der Waals surface area contributed by atoms with Crippen LogP contribution in [-0.2, 0) is 11.3 Å². The quantitative estimate of drug-likeness (QED) is 0.359. The first-order chi connectivity index (χ1) is 13.6. The van der Waals surface area contributed by atoms with Crippen molar-refractivity contribution < 1.29 is 4.79 Å². The van der Waals surface area contributed by atoms with Gasteiger partial charge in [0.05, 0.1) is 16.8 Å². The molecule has 3 rings (SSSR count). The minimum atomic E-state index is 0.00305. The number of rotatable bonds is 9. The summed E-state index contributed by atoms with van der Waals surface area (Å²) in [6.45, 7) is 7.26. The first-order valence-corrected chi connectivity index (χ1v) is 11.0. The highest BCUT2D eigenvalue weighted by atomic mass is 32.2. The van der Waals surface area contributed by atoms with Gasteiger partial charge in [0.15, 0.2) is 5.16 Å². The summed E-state index contributed by atoms with van der Waals surface area (Å²) in [5.41, 5.74) is 5.33. The van der Waals surface area contributed by atoms with Gasteiger partial charge in [-0.25, -0.2) is 4.98 Å². The molecule has 1 amide bonds. The number of para-hydroxylation sites is 2. The molecule has 0 radical (unpaired) electrons. The number of thioether (sulfide) groups is 1. The smallest absolute Gasteiger partial charge is 0.234 e. The molecule has 0 spiro atoms. The topological polar surface area (TPSA) is 46.9 Å². The van der Waals surface area contributed by atoms with Gasteiger partial charge in [-0.2, -0.15) is 0 Å². The Hall–Kier alpha value is -2.27. The third kappa shape index (κ3) is 4.96. The van der Waals surface area contributed by atoms with Crippen molar-refractivity contribution >= 4 is 34.4 Å². The van der Waals surface area contributed by atoms with Gasteiger partial charge in [0, 0.05) is 12.2 Å². The van der Waals surface area contributed by atoms with Crippen LogP contribution in [0.25, 0.3) is 11.0 Å². The highest BCUT2D eigenvalue weighted by Gasteiger charge is 2.13. The van der Waals surface area contributed by atoms with Crippen LogP contribution in [0, 0.1) is 13.8 Å². The van der Waals surface area contributed by atoms with E-state index in [0.29, 0.717) is 5.75 Å². The summed E-state index contributed by atoms with van der Waals surface area (Å²) in [7, 11) is 0. The number of aryl methyl sites for hydroxylation is 2. The lowest BCUT2D eigenvalue weighted by Gasteiger charge is -2.11. The highest BCUT2D eigenvalue weighted by molar-refractivity contribution is 7.99. The Labute approximate surface area is 171 Å². The van der Waals surface area contributed by atoms with E-state index in [1.165, 1.54) is 36.6 Å². The Balaban J connectivity index is 1.69. The zero-order valence-electron chi connectivity index (χ0n) is 17.0. The van der Waals surface area contributed by atoms with Crippen molar-refractivity contribution in [3.05, 3.63) is 53.6 Å². The van der Waals surface area contributed by atoms with Gasteiger partial charge in [0.1, 0.15) is 0 Å². The molecule has 1 aromatic heterocycles. The molecule has 148 valence electrons. The predicted octanol–water partition coefficient (Wildman–Crippen LogP) is 5.96. The first kappa shape index (κ1) is 20.5. The molecule has 0 unspecified atom stereocenters. The normalized spacial score (nSPS) is 11.1. The molecule has 28 heavy (non-hydrogen) atoms. The molecule has 0 saturated carbocycles. The fraction of sp³-hybridized carbons (Fsp3) is 0.391. The van der Waals surface area contributed by atoms with Gasteiger partial charge in [-0.15, -0.1) is 0 Å². The summed E-state index contributed by atoms with van der Waals surface area (Å²) in [6, 6.07) is 14.2. The third-order valence-corrected chi connectivity index (χ3v) is 6.04. The average Bonchev–Trinajstić information content (AvgIpc) is 3.05. The lowest BCUT2D eigenvalue weighted by molar-refractivity contribution is -0.113. The molecule has 1 N–H and O–H groups in total. The van der Waals surface area contributed by atoms with Gasteiger partial charge in [0.2, 0.25) is 5.91 Å². The maximum Gasteiger partial charge on any atom is 0.234 e. The number of unbranched alkanes of at least 4 members (excludes halogenated alkanes) is 3. The molecule has 4 nitrogen and oxygen atoms in total. The van der Waals surface area contributed by atoms with E-state index in [0.717, 1.165) is 40.4 Å². The third-order valence-electron chi connectivity index (χ3n) is 5.07. The number of carbonyl (C=O) groups excluding carboxylic acids is 1. The molecule has 0 fully saturated rings. The number of aromatic nitrogens is 2. The number of nitrogens with one attached hydrogen (secondary N) is 1. The molecule has 0 aliphatic heterocycles. The molecule has 0 saturated heterocycles. The monoisotopic (exact) mass is 395 g/mol. The van der Waals surface area contributed by atoms with Crippen molar-refractivity contribution in [1.29, 1.82) is 0 Å². The van der Waals surface area contributed by atoms with Gasteiger partial charge in [-0.05, 0) is 49.6 Å². The number of amides is 1. The van der Waals surface area contributed by atoms with E-state index in [-0.39, 0.29) is 5.91 Å². The van der Waals surface area contributed by atoms with E-state index >= 15 is 0 Å². The molecule has 0 atom stereocenters. The van der Waals surface area contributed by atoms with Crippen LogP contribution in [0.3, 0.4) is 0 Å². The predicted molar refractivity (Wildman–Crippen MR) is 119 cm³/mol. The summed E-state index contributed by atoms with van der Waals surface area (Å²) < 4.78 is 2.26. The van der Waals surface area contributed by atoms with Gasteiger partial charge in [0.25, 0.3) is 0 Å². The lowest BCUT2D eigenvalue weighted by Crippen LogP contribution is -2.15. The second-order valence-electron chi connectivity index (χ2n) is 7.18. The number of imidazole rings is 1. The molecule has 1 heterocycles. The van der Waals surface area contributed by atoms with Gasteiger partial charge in [-0.3, -0.25) is 4.79 Å². The number of anilines is 1. The Morgan fingerprint density at radius 3 is 2.71 bits per heavy atom. The Bertz CT molecular complexity index is 948. The van der Waals surface area contributed by atoms with E-state index in [2.05, 4.69) is 35.9 Å². The summed E-state index contributed by atoms with van der Waals surface area (Å²) in [6.07, 6.45) is 4.84. The van der Waals surface area contributed by atoms with E-state index in [1.54, 1.807) is 0 Å². The van der Waals surface area contributed by atoms with Crippen LogP contribution in [0.15, 0.2) is 47.6 Å². The van der Waals surface area contributed by atoms with Gasteiger partial charge < -0.3 is 9.88 Å². The van der Waals surface area contributed by atoms with Crippen LogP contribution >= 0.6 is 11.8 Å². The molecule has 3 aromatic rings. The maximum absolute atomic E-state index is 12.5. The zero-order valence-corrected chi connectivity index (χ0v) is 17.8. The molecule has 2 aromatic carbocycles. The number of carbonyl (C=O) groups is 1. The molecule has 0 aliphatic rings. The standard InChI is InChI=1S/C23H29N3OS/c1-4-5-6-9-15-26-21-14-8-7-12-20(21)25-23(26)28-16-22(27)24-19-13-10-11-17(2)18(19)3/h7-8,10-14H,4-6,9,15-16H2,1-3H3,(H,24,27). The maximum atomic E-state index is 12.5. The summed E-state index contributed by atoms with van der Waals surface area (Å²) in [5.74, 6) is 0.356. The second-order valence-corrected chi connectivity index (χ2v) is 8.12. The van der Waals surface area contributed by atoms with Gasteiger partial charge in [-0.1, -0.05) is 62.2 Å². The fourth-order valence-electron chi connectivity index (χ4n) is 3.28. The van der Waals surface area contributed by atoms with Crippen molar-refractivity contribution in [1.82, 2.24) is 9.55 Å². The van der Waals surface area contributed by atoms with Crippen LogP contribution in [0.2, 0.25) is 0 Å². The van der Waals surface area contributed by atoms with Crippen LogP contribution < -0.4 is 5.32 Å².